The molecule has 2 aromatic rings. The van der Waals surface area contributed by atoms with Crippen molar-refractivity contribution in [2.45, 2.75) is 4.90 Å². The van der Waals surface area contributed by atoms with Crippen molar-refractivity contribution >= 4 is 54.2 Å². The molecule has 0 atom stereocenters. The first-order valence-corrected chi connectivity index (χ1v) is 8.90. The van der Waals surface area contributed by atoms with Crippen LogP contribution in [0.3, 0.4) is 0 Å². The van der Waals surface area contributed by atoms with Crippen LogP contribution in [0.5, 0.6) is 5.75 Å². The molecule has 2 rings (SSSR count). The SMILES string of the molecule is COc1ccc(S(=O)(=O)Nc2ccccc2Br)cc1I. The highest BCUT2D eigenvalue weighted by molar-refractivity contribution is 14.1. The number of anilines is 1. The van der Waals surface area contributed by atoms with Gasteiger partial charge in [0.2, 0.25) is 0 Å². The Hall–Kier alpha value is -0.800. The highest BCUT2D eigenvalue weighted by atomic mass is 127. The third-order valence-corrected chi connectivity index (χ3v) is 5.45. The number of hydrogen-bond acceptors (Lipinski definition) is 3. The van der Waals surface area contributed by atoms with Crippen molar-refractivity contribution in [1.29, 1.82) is 0 Å². The number of sulfonamides is 1. The molecular weight excluding hydrogens is 457 g/mol. The molecule has 0 unspecified atom stereocenters. The molecular formula is C13H11BrINO3S. The van der Waals surface area contributed by atoms with Crippen molar-refractivity contribution in [3.05, 3.63) is 50.5 Å². The van der Waals surface area contributed by atoms with Crippen molar-refractivity contribution in [2.75, 3.05) is 11.8 Å². The summed E-state index contributed by atoms with van der Waals surface area (Å²) in [6.07, 6.45) is 0. The summed E-state index contributed by atoms with van der Waals surface area (Å²) in [6, 6.07) is 11.8. The summed E-state index contributed by atoms with van der Waals surface area (Å²) in [4.78, 5) is 0.193. The van der Waals surface area contributed by atoms with Crippen LogP contribution >= 0.6 is 38.5 Å². The Kier molecular flexibility index (Phi) is 4.92. The predicted octanol–water partition coefficient (Wildman–Crippen LogP) is 3.86. The molecule has 0 aliphatic heterocycles. The number of methoxy groups -OCH3 is 1. The number of halogens is 2. The number of hydrogen-bond donors (Lipinski definition) is 1. The molecule has 106 valence electrons. The van der Waals surface area contributed by atoms with Crippen LogP contribution in [0.2, 0.25) is 0 Å². The molecule has 1 N–H and O–H groups in total. The number of ether oxygens (including phenoxy) is 1. The van der Waals surface area contributed by atoms with Crippen molar-refractivity contribution in [3.63, 3.8) is 0 Å². The van der Waals surface area contributed by atoms with Crippen LogP contribution in [0.15, 0.2) is 51.8 Å². The molecule has 0 radical (unpaired) electrons. The Morgan fingerprint density at radius 3 is 2.50 bits per heavy atom. The van der Waals surface area contributed by atoms with Crippen LogP contribution in [0, 0.1) is 3.57 Å². The molecule has 0 bridgehead atoms. The van der Waals surface area contributed by atoms with E-state index in [1.54, 1.807) is 37.4 Å². The second kappa shape index (κ2) is 6.31. The fourth-order valence-electron chi connectivity index (χ4n) is 1.56. The maximum absolute atomic E-state index is 12.3. The molecule has 0 saturated heterocycles. The summed E-state index contributed by atoms with van der Waals surface area (Å²) in [5.74, 6) is 0.644. The molecule has 0 amide bonds. The van der Waals surface area contributed by atoms with Gasteiger partial charge in [0.05, 0.1) is 21.3 Å². The van der Waals surface area contributed by atoms with Crippen molar-refractivity contribution < 1.29 is 13.2 Å². The van der Waals surface area contributed by atoms with Gasteiger partial charge in [0.25, 0.3) is 10.0 Å². The van der Waals surface area contributed by atoms with E-state index in [4.69, 9.17) is 4.74 Å². The zero-order valence-corrected chi connectivity index (χ0v) is 15.0. The van der Waals surface area contributed by atoms with E-state index >= 15 is 0 Å². The summed E-state index contributed by atoms with van der Waals surface area (Å²) >= 11 is 5.35. The highest BCUT2D eigenvalue weighted by Crippen LogP contribution is 2.27. The molecule has 4 nitrogen and oxygen atoms in total. The Morgan fingerprint density at radius 2 is 1.90 bits per heavy atom. The van der Waals surface area contributed by atoms with Gasteiger partial charge < -0.3 is 4.74 Å². The maximum Gasteiger partial charge on any atom is 0.261 e. The monoisotopic (exact) mass is 467 g/mol. The average Bonchev–Trinajstić information content (AvgIpc) is 2.41. The first kappa shape index (κ1) is 15.6. The fourth-order valence-corrected chi connectivity index (χ4v) is 4.13. The molecule has 2 aromatic carbocycles. The second-order valence-corrected chi connectivity index (χ2v) is 7.58. The van der Waals surface area contributed by atoms with Crippen LogP contribution in [0.25, 0.3) is 0 Å². The molecule has 0 saturated carbocycles. The van der Waals surface area contributed by atoms with Gasteiger partial charge >= 0.3 is 0 Å². The predicted molar refractivity (Wildman–Crippen MR) is 90.7 cm³/mol. The Bertz CT molecular complexity index is 734. The summed E-state index contributed by atoms with van der Waals surface area (Å²) in [7, 11) is -2.08. The van der Waals surface area contributed by atoms with Gasteiger partial charge in [-0.05, 0) is 68.9 Å². The Labute approximate surface area is 139 Å². The summed E-state index contributed by atoms with van der Waals surface area (Å²) < 4.78 is 33.8. The average molecular weight is 468 g/mol. The van der Waals surface area contributed by atoms with Gasteiger partial charge in [0.1, 0.15) is 5.75 Å². The second-order valence-electron chi connectivity index (χ2n) is 3.88. The number of benzene rings is 2. The van der Waals surface area contributed by atoms with Gasteiger partial charge in [-0.25, -0.2) is 8.42 Å². The van der Waals surface area contributed by atoms with Gasteiger partial charge in [-0.3, -0.25) is 4.72 Å². The molecule has 0 heterocycles. The van der Waals surface area contributed by atoms with E-state index in [-0.39, 0.29) is 4.90 Å². The highest BCUT2D eigenvalue weighted by Gasteiger charge is 2.17. The Morgan fingerprint density at radius 1 is 1.20 bits per heavy atom. The van der Waals surface area contributed by atoms with E-state index in [0.29, 0.717) is 15.9 Å². The molecule has 0 aliphatic rings. The van der Waals surface area contributed by atoms with E-state index in [1.807, 2.05) is 28.7 Å². The largest absolute Gasteiger partial charge is 0.496 e. The van der Waals surface area contributed by atoms with Gasteiger partial charge in [-0.15, -0.1) is 0 Å². The summed E-state index contributed by atoms with van der Waals surface area (Å²) in [5.41, 5.74) is 0.498. The normalized spacial score (nSPS) is 11.2. The molecule has 0 aliphatic carbocycles. The van der Waals surface area contributed by atoms with E-state index < -0.39 is 10.0 Å². The van der Waals surface area contributed by atoms with Crippen molar-refractivity contribution in [3.8, 4) is 5.75 Å². The zero-order chi connectivity index (χ0) is 14.8. The maximum atomic E-state index is 12.3. The van der Waals surface area contributed by atoms with Gasteiger partial charge in [0, 0.05) is 4.47 Å². The summed E-state index contributed by atoms with van der Waals surface area (Å²) in [6.45, 7) is 0. The van der Waals surface area contributed by atoms with E-state index in [9.17, 15) is 8.42 Å². The molecule has 0 fully saturated rings. The lowest BCUT2D eigenvalue weighted by molar-refractivity contribution is 0.411. The van der Waals surface area contributed by atoms with Crippen LogP contribution in [0.1, 0.15) is 0 Å². The molecule has 0 spiro atoms. The van der Waals surface area contributed by atoms with Crippen molar-refractivity contribution in [2.24, 2.45) is 0 Å². The minimum Gasteiger partial charge on any atom is -0.496 e. The van der Waals surface area contributed by atoms with E-state index in [0.717, 1.165) is 3.57 Å². The van der Waals surface area contributed by atoms with Crippen LogP contribution in [-0.2, 0) is 10.0 Å². The minimum absolute atomic E-state index is 0.193. The first-order chi connectivity index (χ1) is 9.44. The van der Waals surface area contributed by atoms with Gasteiger partial charge in [0.15, 0.2) is 0 Å². The lowest BCUT2D eigenvalue weighted by Gasteiger charge is -2.11. The quantitative estimate of drug-likeness (QED) is 0.694. The topological polar surface area (TPSA) is 55.4 Å². The molecule has 7 heteroatoms. The zero-order valence-electron chi connectivity index (χ0n) is 10.4. The third-order valence-electron chi connectivity index (χ3n) is 2.55. The standard InChI is InChI=1S/C13H11BrINO3S/c1-19-13-7-6-9(8-11(13)15)20(17,18)16-12-5-3-2-4-10(12)14/h2-8,16H,1H3. The lowest BCUT2D eigenvalue weighted by atomic mass is 10.3. The fraction of sp³-hybridized carbons (Fsp3) is 0.0769. The smallest absolute Gasteiger partial charge is 0.261 e. The van der Waals surface area contributed by atoms with Crippen LogP contribution in [0.4, 0.5) is 5.69 Å². The van der Waals surface area contributed by atoms with Crippen molar-refractivity contribution in [1.82, 2.24) is 0 Å². The number of nitrogens with one attached hydrogen (secondary N) is 1. The molecule has 20 heavy (non-hydrogen) atoms. The lowest BCUT2D eigenvalue weighted by Crippen LogP contribution is -2.13. The molecule has 0 aromatic heterocycles. The first-order valence-electron chi connectivity index (χ1n) is 5.55. The minimum atomic E-state index is -3.62. The van der Waals surface area contributed by atoms with E-state index in [2.05, 4.69) is 20.7 Å². The number of rotatable bonds is 4. The number of para-hydroxylation sites is 1. The third kappa shape index (κ3) is 3.44. The van der Waals surface area contributed by atoms with Crippen LogP contribution in [-0.4, -0.2) is 15.5 Å². The van der Waals surface area contributed by atoms with Gasteiger partial charge in [-0.1, -0.05) is 12.1 Å². The summed E-state index contributed by atoms with van der Waals surface area (Å²) in [5, 5.41) is 0. The Balaban J connectivity index is 2.36. The van der Waals surface area contributed by atoms with E-state index in [1.165, 1.54) is 6.07 Å². The van der Waals surface area contributed by atoms with Crippen LogP contribution < -0.4 is 9.46 Å². The van der Waals surface area contributed by atoms with Gasteiger partial charge in [-0.2, -0.15) is 0 Å².